The van der Waals surface area contributed by atoms with Gasteiger partial charge in [0.1, 0.15) is 0 Å². The van der Waals surface area contributed by atoms with E-state index in [0.717, 1.165) is 29.1 Å². The number of amides is 1. The van der Waals surface area contributed by atoms with E-state index >= 15 is 0 Å². The highest BCUT2D eigenvalue weighted by Gasteiger charge is 2.37. The van der Waals surface area contributed by atoms with E-state index in [0.29, 0.717) is 13.1 Å². The van der Waals surface area contributed by atoms with E-state index in [2.05, 4.69) is 5.32 Å². The Morgan fingerprint density at radius 3 is 2.91 bits per heavy atom. The van der Waals surface area contributed by atoms with Gasteiger partial charge >= 0.3 is 0 Å². The van der Waals surface area contributed by atoms with Crippen LogP contribution < -0.4 is 10.2 Å². The average Bonchev–Trinajstić information content (AvgIpc) is 2.53. The van der Waals surface area contributed by atoms with Crippen LogP contribution in [0.2, 0.25) is 5.02 Å². The zero-order chi connectivity index (χ0) is 15.4. The lowest BCUT2D eigenvalue weighted by atomic mass is 9.78. The first kappa shape index (κ1) is 15.8. The van der Waals surface area contributed by atoms with Crippen molar-refractivity contribution in [2.24, 2.45) is 5.92 Å². The van der Waals surface area contributed by atoms with Crippen LogP contribution in [0.15, 0.2) is 24.3 Å². The third-order valence-corrected chi connectivity index (χ3v) is 5.51. The lowest BCUT2D eigenvalue weighted by molar-refractivity contribution is -0.928. The van der Waals surface area contributed by atoms with Gasteiger partial charge in [0, 0.05) is 17.5 Å². The maximum Gasteiger partial charge on any atom is 0.275 e. The van der Waals surface area contributed by atoms with Crippen molar-refractivity contribution in [3.8, 4) is 0 Å². The first-order valence-electron chi connectivity index (χ1n) is 8.58. The Labute approximate surface area is 138 Å². The fraction of sp³-hybridized carbons (Fsp3) is 0.611. The van der Waals surface area contributed by atoms with Crippen LogP contribution in [-0.2, 0) is 11.3 Å². The smallest absolute Gasteiger partial charge is 0.275 e. The number of rotatable bonds is 4. The van der Waals surface area contributed by atoms with Crippen LogP contribution in [0.25, 0.3) is 0 Å². The van der Waals surface area contributed by atoms with E-state index < -0.39 is 0 Å². The second-order valence-corrected chi connectivity index (χ2v) is 7.22. The van der Waals surface area contributed by atoms with Gasteiger partial charge in [0.25, 0.3) is 5.91 Å². The van der Waals surface area contributed by atoms with E-state index in [1.54, 1.807) is 0 Å². The molecule has 2 N–H and O–H groups in total. The minimum absolute atomic E-state index is 0.168. The fourth-order valence-corrected chi connectivity index (χ4v) is 4.42. The lowest BCUT2D eigenvalue weighted by Gasteiger charge is -2.40. The summed E-state index contributed by atoms with van der Waals surface area (Å²) < 4.78 is 0. The zero-order valence-corrected chi connectivity index (χ0v) is 13.9. The van der Waals surface area contributed by atoms with Crippen LogP contribution >= 0.6 is 11.6 Å². The first-order chi connectivity index (χ1) is 10.7. The average molecular weight is 322 g/mol. The fourth-order valence-electron chi connectivity index (χ4n) is 4.20. The number of carbonyl (C=O) groups is 1. The van der Waals surface area contributed by atoms with E-state index in [1.165, 1.54) is 43.4 Å². The van der Waals surface area contributed by atoms with Crippen LogP contribution in [0.3, 0.4) is 0 Å². The van der Waals surface area contributed by atoms with Crippen molar-refractivity contribution < 1.29 is 9.69 Å². The van der Waals surface area contributed by atoms with Gasteiger partial charge in [-0.05, 0) is 49.8 Å². The summed E-state index contributed by atoms with van der Waals surface area (Å²) in [5, 5.41) is 3.77. The molecule has 1 heterocycles. The molecule has 0 spiro atoms. The van der Waals surface area contributed by atoms with Crippen LogP contribution in [0.5, 0.6) is 0 Å². The van der Waals surface area contributed by atoms with Gasteiger partial charge in [-0.1, -0.05) is 30.2 Å². The van der Waals surface area contributed by atoms with Crippen molar-refractivity contribution >= 4 is 17.5 Å². The SMILES string of the molecule is O=C(C[NH+]1CCC[C@H]2CCCC[C@@H]21)NCc1cccc(Cl)c1. The quantitative estimate of drug-likeness (QED) is 0.876. The van der Waals surface area contributed by atoms with E-state index in [1.807, 2.05) is 24.3 Å². The van der Waals surface area contributed by atoms with Crippen LogP contribution in [-0.4, -0.2) is 25.0 Å². The van der Waals surface area contributed by atoms with Crippen molar-refractivity contribution in [1.82, 2.24) is 5.32 Å². The molecule has 1 aromatic carbocycles. The van der Waals surface area contributed by atoms with Gasteiger partial charge in [-0.25, -0.2) is 0 Å². The van der Waals surface area contributed by atoms with Gasteiger partial charge in [-0.3, -0.25) is 4.79 Å². The normalized spacial score (nSPS) is 28.0. The Morgan fingerprint density at radius 1 is 1.23 bits per heavy atom. The molecule has 0 aromatic heterocycles. The van der Waals surface area contributed by atoms with Gasteiger partial charge in [-0.2, -0.15) is 0 Å². The van der Waals surface area contributed by atoms with Crippen LogP contribution in [0, 0.1) is 5.92 Å². The Balaban J connectivity index is 1.50. The molecule has 1 aromatic rings. The van der Waals surface area contributed by atoms with Gasteiger partial charge in [0.05, 0.1) is 12.6 Å². The summed E-state index contributed by atoms with van der Waals surface area (Å²) in [5.41, 5.74) is 1.06. The maximum absolute atomic E-state index is 12.3. The number of likely N-dealkylation sites (tertiary alicyclic amines) is 1. The minimum Gasteiger partial charge on any atom is -0.347 e. The lowest BCUT2D eigenvalue weighted by Crippen LogP contribution is -3.18. The summed E-state index contributed by atoms with van der Waals surface area (Å²) in [4.78, 5) is 13.8. The molecule has 120 valence electrons. The monoisotopic (exact) mass is 321 g/mol. The molecular formula is C18H26ClN2O+. The number of carbonyl (C=O) groups excluding carboxylic acids is 1. The molecule has 22 heavy (non-hydrogen) atoms. The molecule has 3 rings (SSSR count). The molecule has 0 bridgehead atoms. The molecule has 2 aliphatic rings. The van der Waals surface area contributed by atoms with Gasteiger partial charge in [-0.15, -0.1) is 0 Å². The van der Waals surface area contributed by atoms with Crippen molar-refractivity contribution in [3.05, 3.63) is 34.9 Å². The summed E-state index contributed by atoms with van der Waals surface area (Å²) in [6, 6.07) is 8.41. The highest BCUT2D eigenvalue weighted by atomic mass is 35.5. The Kier molecular flexibility index (Phi) is 5.37. The number of piperidine rings is 1. The largest absolute Gasteiger partial charge is 0.347 e. The van der Waals surface area contributed by atoms with Crippen molar-refractivity contribution in [2.75, 3.05) is 13.1 Å². The van der Waals surface area contributed by atoms with Gasteiger partial charge < -0.3 is 10.2 Å². The summed E-state index contributed by atoms with van der Waals surface area (Å²) in [6.07, 6.45) is 8.06. The van der Waals surface area contributed by atoms with E-state index in [4.69, 9.17) is 11.6 Å². The molecule has 1 amide bonds. The minimum atomic E-state index is 0.168. The summed E-state index contributed by atoms with van der Waals surface area (Å²) in [6.45, 7) is 2.36. The van der Waals surface area contributed by atoms with E-state index in [-0.39, 0.29) is 5.91 Å². The predicted molar refractivity (Wildman–Crippen MR) is 89.0 cm³/mol. The number of benzene rings is 1. The summed E-state index contributed by atoms with van der Waals surface area (Å²) in [7, 11) is 0. The first-order valence-corrected chi connectivity index (χ1v) is 8.96. The predicted octanol–water partition coefficient (Wildman–Crippen LogP) is 2.19. The topological polar surface area (TPSA) is 33.5 Å². The van der Waals surface area contributed by atoms with E-state index in [9.17, 15) is 4.79 Å². The molecule has 4 heteroatoms. The van der Waals surface area contributed by atoms with Crippen molar-refractivity contribution in [3.63, 3.8) is 0 Å². The number of nitrogens with one attached hydrogen (secondary N) is 2. The van der Waals surface area contributed by atoms with Crippen molar-refractivity contribution in [1.29, 1.82) is 0 Å². The third-order valence-electron chi connectivity index (χ3n) is 5.27. The number of fused-ring (bicyclic) bond motifs is 1. The molecule has 1 unspecified atom stereocenters. The molecule has 3 atom stereocenters. The summed E-state index contributed by atoms with van der Waals surface area (Å²) >= 11 is 5.98. The second-order valence-electron chi connectivity index (χ2n) is 6.78. The van der Waals surface area contributed by atoms with Crippen molar-refractivity contribution in [2.45, 2.75) is 51.1 Å². The third kappa shape index (κ3) is 4.02. The molecule has 1 aliphatic carbocycles. The Hall–Kier alpha value is -1.06. The zero-order valence-electron chi connectivity index (χ0n) is 13.1. The number of hydrogen-bond donors (Lipinski definition) is 2. The molecule has 0 radical (unpaired) electrons. The molecule has 1 saturated heterocycles. The van der Waals surface area contributed by atoms with Gasteiger partial charge in [0.2, 0.25) is 0 Å². The number of hydrogen-bond acceptors (Lipinski definition) is 1. The molecule has 1 saturated carbocycles. The number of quaternary nitrogens is 1. The van der Waals surface area contributed by atoms with Gasteiger partial charge in [0.15, 0.2) is 6.54 Å². The van der Waals surface area contributed by atoms with Crippen LogP contribution in [0.1, 0.15) is 44.1 Å². The molecule has 2 fully saturated rings. The highest BCUT2D eigenvalue weighted by Crippen LogP contribution is 2.28. The maximum atomic E-state index is 12.3. The Bertz CT molecular complexity index is 518. The standard InChI is InChI=1S/C18H25ClN2O/c19-16-8-3-5-14(11-16)12-20-18(22)13-21-10-4-7-15-6-1-2-9-17(15)21/h3,5,8,11,15,17H,1-2,4,6-7,9-10,12-13H2,(H,20,22)/p+1/t15-,17+/m1/s1. The second kappa shape index (κ2) is 7.47. The molecule has 3 nitrogen and oxygen atoms in total. The summed E-state index contributed by atoms with van der Waals surface area (Å²) in [5.74, 6) is 1.03. The number of halogens is 1. The Morgan fingerprint density at radius 2 is 2.05 bits per heavy atom. The highest BCUT2D eigenvalue weighted by molar-refractivity contribution is 6.30. The van der Waals surface area contributed by atoms with Crippen LogP contribution in [0.4, 0.5) is 0 Å². The molecular weight excluding hydrogens is 296 g/mol. The molecule has 1 aliphatic heterocycles.